The van der Waals surface area contributed by atoms with E-state index in [2.05, 4.69) is 15.6 Å². The van der Waals surface area contributed by atoms with Crippen molar-refractivity contribution in [3.05, 3.63) is 69.8 Å². The second-order valence-corrected chi connectivity index (χ2v) is 7.80. The van der Waals surface area contributed by atoms with Crippen LogP contribution in [0.5, 0.6) is 0 Å². The van der Waals surface area contributed by atoms with Gasteiger partial charge in [0.2, 0.25) is 0 Å². The first-order chi connectivity index (χ1) is 13.7. The van der Waals surface area contributed by atoms with Crippen molar-refractivity contribution in [1.29, 1.82) is 0 Å². The molecule has 5 nitrogen and oxygen atoms in total. The summed E-state index contributed by atoms with van der Waals surface area (Å²) in [6.07, 6.45) is 1.87. The smallest absolute Gasteiger partial charge is 0.254 e. The Bertz CT molecular complexity index is 1040. The molecule has 1 aliphatic heterocycles. The standard InChI is InChI=1S/C23H24ClN3O2/c1-13-6-5-7-18(8-13)27-21-11-17(24)10-19(16(21)4)22(28)25-12-20-14(2)9-15(3)26-23(20)29/h5-11,20,27H,12H2,1-4H3,(H,25,28). The highest BCUT2D eigenvalue weighted by atomic mass is 35.5. The Morgan fingerprint density at radius 1 is 1.14 bits per heavy atom. The molecule has 1 aliphatic rings. The second-order valence-electron chi connectivity index (χ2n) is 7.36. The van der Waals surface area contributed by atoms with E-state index in [1.54, 1.807) is 19.1 Å². The quantitative estimate of drug-likeness (QED) is 0.730. The number of rotatable bonds is 5. The molecule has 0 saturated heterocycles. The van der Waals surface area contributed by atoms with Gasteiger partial charge in [0.05, 0.1) is 5.92 Å². The van der Waals surface area contributed by atoms with Gasteiger partial charge in [0.15, 0.2) is 0 Å². The van der Waals surface area contributed by atoms with Gasteiger partial charge in [-0.05, 0) is 69.2 Å². The number of carbonyl (C=O) groups excluding carboxylic acids is 2. The maximum atomic E-state index is 12.8. The van der Waals surface area contributed by atoms with Gasteiger partial charge in [-0.3, -0.25) is 9.59 Å². The summed E-state index contributed by atoms with van der Waals surface area (Å²) in [5.41, 5.74) is 5.65. The number of nitrogens with one attached hydrogen (secondary N) is 2. The fraction of sp³-hybridized carbons (Fsp3) is 0.261. The maximum Gasteiger partial charge on any atom is 0.254 e. The molecule has 0 bridgehead atoms. The number of halogens is 1. The molecular formula is C23H24ClN3O2. The van der Waals surface area contributed by atoms with Crippen molar-refractivity contribution in [3.8, 4) is 0 Å². The van der Waals surface area contributed by atoms with Crippen LogP contribution in [0.3, 0.4) is 0 Å². The topological polar surface area (TPSA) is 70.6 Å². The third kappa shape index (κ3) is 4.93. The number of dihydropyridines is 1. The third-order valence-corrected chi connectivity index (χ3v) is 5.17. The summed E-state index contributed by atoms with van der Waals surface area (Å²) >= 11 is 6.27. The molecule has 0 saturated carbocycles. The first-order valence-electron chi connectivity index (χ1n) is 9.44. The molecule has 3 rings (SSSR count). The first kappa shape index (κ1) is 20.8. The summed E-state index contributed by atoms with van der Waals surface area (Å²) in [4.78, 5) is 29.0. The summed E-state index contributed by atoms with van der Waals surface area (Å²) in [6.45, 7) is 7.75. The highest BCUT2D eigenvalue weighted by molar-refractivity contribution is 6.31. The Labute approximate surface area is 175 Å². The van der Waals surface area contributed by atoms with Crippen molar-refractivity contribution in [2.75, 3.05) is 11.9 Å². The van der Waals surface area contributed by atoms with E-state index in [0.29, 0.717) is 16.3 Å². The summed E-state index contributed by atoms with van der Waals surface area (Å²) in [7, 11) is 0. The molecule has 2 aromatic carbocycles. The average molecular weight is 410 g/mol. The number of carbonyl (C=O) groups is 2. The van der Waals surface area contributed by atoms with E-state index >= 15 is 0 Å². The molecule has 2 N–H and O–H groups in total. The normalized spacial score (nSPS) is 16.2. The van der Waals surface area contributed by atoms with Crippen molar-refractivity contribution < 1.29 is 9.59 Å². The van der Waals surface area contributed by atoms with E-state index in [1.165, 1.54) is 0 Å². The number of nitrogens with zero attached hydrogens (tertiary/aromatic N) is 1. The Morgan fingerprint density at radius 2 is 1.90 bits per heavy atom. The van der Waals surface area contributed by atoms with Crippen LogP contribution < -0.4 is 10.6 Å². The van der Waals surface area contributed by atoms with Gasteiger partial charge in [0.25, 0.3) is 11.8 Å². The van der Waals surface area contributed by atoms with Crippen LogP contribution >= 0.6 is 11.6 Å². The van der Waals surface area contributed by atoms with Crippen LogP contribution in [0, 0.1) is 19.8 Å². The van der Waals surface area contributed by atoms with Gasteiger partial charge in [0.1, 0.15) is 0 Å². The molecule has 2 aromatic rings. The molecule has 0 aliphatic carbocycles. The van der Waals surface area contributed by atoms with Crippen molar-refractivity contribution in [2.45, 2.75) is 27.7 Å². The van der Waals surface area contributed by atoms with Crippen molar-refractivity contribution in [1.82, 2.24) is 5.32 Å². The van der Waals surface area contributed by atoms with Crippen molar-refractivity contribution >= 4 is 40.5 Å². The molecule has 0 fully saturated rings. The van der Waals surface area contributed by atoms with Crippen molar-refractivity contribution in [3.63, 3.8) is 0 Å². The summed E-state index contributed by atoms with van der Waals surface area (Å²) in [5.74, 6) is -0.941. The summed E-state index contributed by atoms with van der Waals surface area (Å²) in [5, 5.41) is 6.64. The van der Waals surface area contributed by atoms with E-state index in [4.69, 9.17) is 11.6 Å². The van der Waals surface area contributed by atoms with Gasteiger partial charge in [0, 0.05) is 34.2 Å². The Hall–Kier alpha value is -2.92. The first-order valence-corrected chi connectivity index (χ1v) is 9.81. The minimum Gasteiger partial charge on any atom is -0.355 e. The zero-order valence-electron chi connectivity index (χ0n) is 17.0. The maximum absolute atomic E-state index is 12.8. The Morgan fingerprint density at radius 3 is 2.59 bits per heavy atom. The average Bonchev–Trinajstić information content (AvgIpc) is 2.63. The van der Waals surface area contributed by atoms with Crippen LogP contribution in [0.4, 0.5) is 11.4 Å². The monoisotopic (exact) mass is 409 g/mol. The molecule has 0 spiro atoms. The van der Waals surface area contributed by atoms with Gasteiger partial charge in [-0.2, -0.15) is 0 Å². The number of anilines is 2. The number of allylic oxidation sites excluding steroid dienone is 1. The van der Waals surface area contributed by atoms with Crippen LogP contribution in [0.1, 0.15) is 35.3 Å². The number of aryl methyl sites for hydroxylation is 1. The van der Waals surface area contributed by atoms with E-state index in [9.17, 15) is 9.59 Å². The highest BCUT2D eigenvalue weighted by Gasteiger charge is 2.24. The number of amides is 2. The molecule has 1 unspecified atom stereocenters. The molecule has 150 valence electrons. The van der Waals surface area contributed by atoms with Crippen LogP contribution in [-0.4, -0.2) is 24.1 Å². The fourth-order valence-corrected chi connectivity index (χ4v) is 3.59. The lowest BCUT2D eigenvalue weighted by Crippen LogP contribution is -2.35. The molecule has 0 radical (unpaired) electrons. The van der Waals surface area contributed by atoms with Gasteiger partial charge < -0.3 is 10.6 Å². The molecule has 2 amide bonds. The third-order valence-electron chi connectivity index (χ3n) is 4.95. The van der Waals surface area contributed by atoms with Gasteiger partial charge >= 0.3 is 0 Å². The molecule has 6 heteroatoms. The van der Waals surface area contributed by atoms with E-state index in [0.717, 1.165) is 28.1 Å². The lowest BCUT2D eigenvalue weighted by Gasteiger charge is -2.20. The minimum absolute atomic E-state index is 0.198. The van der Waals surface area contributed by atoms with Crippen LogP contribution in [0.15, 0.2) is 53.0 Å². The zero-order chi connectivity index (χ0) is 21.1. The number of hydrogen-bond acceptors (Lipinski definition) is 3. The largest absolute Gasteiger partial charge is 0.355 e. The molecule has 1 heterocycles. The number of benzene rings is 2. The SMILES string of the molecule is CC1=CC(C)=NC(=O)C1CNC(=O)c1cc(Cl)cc(Nc2cccc(C)c2)c1C. The zero-order valence-corrected chi connectivity index (χ0v) is 17.7. The summed E-state index contributed by atoms with van der Waals surface area (Å²) in [6, 6.07) is 11.4. The van der Waals surface area contributed by atoms with E-state index < -0.39 is 5.92 Å². The molecule has 29 heavy (non-hydrogen) atoms. The Kier molecular flexibility index (Phi) is 6.18. The van der Waals surface area contributed by atoms with Crippen molar-refractivity contribution in [2.24, 2.45) is 10.9 Å². The van der Waals surface area contributed by atoms with Gasteiger partial charge in [-0.25, -0.2) is 4.99 Å². The number of hydrogen-bond donors (Lipinski definition) is 2. The number of aliphatic imine (C=N–C) groups is 1. The predicted molar refractivity (Wildman–Crippen MR) is 118 cm³/mol. The minimum atomic E-state index is -0.438. The fourth-order valence-electron chi connectivity index (χ4n) is 3.37. The lowest BCUT2D eigenvalue weighted by atomic mass is 9.95. The van der Waals surface area contributed by atoms with Gasteiger partial charge in [-0.1, -0.05) is 29.3 Å². The highest BCUT2D eigenvalue weighted by Crippen LogP contribution is 2.28. The van der Waals surface area contributed by atoms with Crippen LogP contribution in [0.2, 0.25) is 5.02 Å². The van der Waals surface area contributed by atoms with E-state index in [-0.39, 0.29) is 18.4 Å². The Balaban J connectivity index is 1.78. The second kappa shape index (κ2) is 8.62. The molecule has 0 aromatic heterocycles. The summed E-state index contributed by atoms with van der Waals surface area (Å²) < 4.78 is 0. The lowest BCUT2D eigenvalue weighted by molar-refractivity contribution is -0.120. The predicted octanol–water partition coefficient (Wildman–Crippen LogP) is 4.99. The molecule has 1 atom stereocenters. The van der Waals surface area contributed by atoms with E-state index in [1.807, 2.05) is 51.1 Å². The van der Waals surface area contributed by atoms with Crippen LogP contribution in [-0.2, 0) is 4.79 Å². The van der Waals surface area contributed by atoms with Gasteiger partial charge in [-0.15, -0.1) is 0 Å². The molecular weight excluding hydrogens is 386 g/mol. The van der Waals surface area contributed by atoms with Crippen LogP contribution in [0.25, 0.3) is 0 Å².